The molecular formula is C14H16ClN3. The van der Waals surface area contributed by atoms with Gasteiger partial charge in [0.15, 0.2) is 0 Å². The van der Waals surface area contributed by atoms with E-state index in [1.54, 1.807) is 0 Å². The highest BCUT2D eigenvalue weighted by molar-refractivity contribution is 6.31. The lowest BCUT2D eigenvalue weighted by Gasteiger charge is -2.18. The quantitative estimate of drug-likeness (QED) is 0.909. The van der Waals surface area contributed by atoms with Crippen LogP contribution in [0.2, 0.25) is 5.02 Å². The molecule has 1 aromatic heterocycles. The van der Waals surface area contributed by atoms with E-state index in [1.165, 1.54) is 12.8 Å². The zero-order valence-corrected chi connectivity index (χ0v) is 11.1. The molecule has 0 radical (unpaired) electrons. The van der Waals surface area contributed by atoms with Crippen molar-refractivity contribution in [2.24, 2.45) is 0 Å². The van der Waals surface area contributed by atoms with Crippen molar-refractivity contribution in [1.29, 1.82) is 0 Å². The fourth-order valence-electron chi connectivity index (χ4n) is 2.11. The van der Waals surface area contributed by atoms with Gasteiger partial charge in [0.25, 0.3) is 0 Å². The minimum absolute atomic E-state index is 0.183. The van der Waals surface area contributed by atoms with Gasteiger partial charge in [-0.1, -0.05) is 29.8 Å². The average Bonchev–Trinajstić information content (AvgIpc) is 3.05. The molecule has 1 aliphatic rings. The van der Waals surface area contributed by atoms with Crippen LogP contribution in [-0.4, -0.2) is 15.6 Å². The van der Waals surface area contributed by atoms with Gasteiger partial charge in [0.2, 0.25) is 5.95 Å². The van der Waals surface area contributed by atoms with Crippen LogP contribution in [0, 0.1) is 0 Å². The van der Waals surface area contributed by atoms with Crippen molar-refractivity contribution >= 4 is 17.5 Å². The first-order chi connectivity index (χ1) is 8.75. The van der Waals surface area contributed by atoms with Crippen molar-refractivity contribution in [2.75, 3.05) is 5.32 Å². The number of rotatable bonds is 4. The predicted molar refractivity (Wildman–Crippen MR) is 74.1 cm³/mol. The molecule has 0 aliphatic heterocycles. The zero-order chi connectivity index (χ0) is 12.5. The summed E-state index contributed by atoms with van der Waals surface area (Å²) in [5.41, 5.74) is 1.12. The number of nitrogens with zero attached hydrogens (tertiary/aromatic N) is 2. The molecule has 94 valence electrons. The molecule has 3 rings (SSSR count). The highest BCUT2D eigenvalue weighted by Gasteiger charge is 2.23. The first-order valence-electron chi connectivity index (χ1n) is 6.29. The normalized spacial score (nSPS) is 16.6. The van der Waals surface area contributed by atoms with Crippen LogP contribution in [0.25, 0.3) is 0 Å². The van der Waals surface area contributed by atoms with Gasteiger partial charge in [0.1, 0.15) is 0 Å². The Morgan fingerprint density at radius 3 is 2.89 bits per heavy atom. The Bertz CT molecular complexity index is 545. The van der Waals surface area contributed by atoms with Gasteiger partial charge in [-0.15, -0.1) is 0 Å². The van der Waals surface area contributed by atoms with Crippen LogP contribution in [0.4, 0.5) is 5.95 Å². The standard InChI is InChI=1S/C14H16ClN3/c1-10(12-4-2-3-5-13(12)15)18-9-8-16-14(18)17-11-6-7-11/h2-5,8-11H,6-7H2,1H3,(H,16,17). The van der Waals surface area contributed by atoms with E-state index in [1.807, 2.05) is 30.6 Å². The third-order valence-corrected chi connectivity index (χ3v) is 3.70. The summed E-state index contributed by atoms with van der Waals surface area (Å²) in [6, 6.07) is 8.75. The summed E-state index contributed by atoms with van der Waals surface area (Å²) >= 11 is 6.25. The molecule has 1 fully saturated rings. The van der Waals surface area contributed by atoms with Gasteiger partial charge in [0, 0.05) is 23.5 Å². The molecular weight excluding hydrogens is 246 g/mol. The van der Waals surface area contributed by atoms with Crippen LogP contribution in [0.1, 0.15) is 31.4 Å². The molecule has 1 unspecified atom stereocenters. The number of hydrogen-bond donors (Lipinski definition) is 1. The number of aromatic nitrogens is 2. The first kappa shape index (κ1) is 11.6. The molecule has 1 aromatic carbocycles. The molecule has 1 atom stereocenters. The Morgan fingerprint density at radius 1 is 1.39 bits per heavy atom. The van der Waals surface area contributed by atoms with E-state index in [0.717, 1.165) is 16.5 Å². The maximum absolute atomic E-state index is 6.25. The van der Waals surface area contributed by atoms with Crippen LogP contribution < -0.4 is 5.32 Å². The van der Waals surface area contributed by atoms with Gasteiger partial charge in [-0.3, -0.25) is 0 Å². The Hall–Kier alpha value is -1.48. The van der Waals surface area contributed by atoms with E-state index in [0.29, 0.717) is 6.04 Å². The first-order valence-corrected chi connectivity index (χ1v) is 6.67. The highest BCUT2D eigenvalue weighted by atomic mass is 35.5. The largest absolute Gasteiger partial charge is 0.353 e. The molecule has 1 saturated carbocycles. The third kappa shape index (κ3) is 2.23. The second-order valence-corrected chi connectivity index (χ2v) is 5.18. The summed E-state index contributed by atoms with van der Waals surface area (Å²) in [6.45, 7) is 2.14. The highest BCUT2D eigenvalue weighted by Crippen LogP contribution is 2.30. The van der Waals surface area contributed by atoms with Crippen molar-refractivity contribution in [3.63, 3.8) is 0 Å². The van der Waals surface area contributed by atoms with Crippen LogP contribution in [0.5, 0.6) is 0 Å². The summed E-state index contributed by atoms with van der Waals surface area (Å²) in [5, 5.41) is 4.25. The van der Waals surface area contributed by atoms with E-state index >= 15 is 0 Å². The lowest BCUT2D eigenvalue weighted by molar-refractivity contribution is 0.643. The zero-order valence-electron chi connectivity index (χ0n) is 10.3. The van der Waals surface area contributed by atoms with Crippen LogP contribution >= 0.6 is 11.6 Å². The van der Waals surface area contributed by atoms with Gasteiger partial charge in [0.05, 0.1) is 6.04 Å². The van der Waals surface area contributed by atoms with E-state index < -0.39 is 0 Å². The van der Waals surface area contributed by atoms with Crippen LogP contribution in [0.15, 0.2) is 36.7 Å². The second kappa shape index (κ2) is 4.65. The van der Waals surface area contributed by atoms with E-state index in [-0.39, 0.29) is 6.04 Å². The number of nitrogens with one attached hydrogen (secondary N) is 1. The summed E-state index contributed by atoms with van der Waals surface area (Å²) in [6.07, 6.45) is 6.32. The molecule has 4 heteroatoms. The monoisotopic (exact) mass is 261 g/mol. The van der Waals surface area contributed by atoms with Gasteiger partial charge in [-0.25, -0.2) is 4.98 Å². The lowest BCUT2D eigenvalue weighted by atomic mass is 10.1. The smallest absolute Gasteiger partial charge is 0.203 e. The molecule has 1 aliphatic carbocycles. The third-order valence-electron chi connectivity index (χ3n) is 3.35. The average molecular weight is 262 g/mol. The topological polar surface area (TPSA) is 29.9 Å². The number of anilines is 1. The molecule has 3 nitrogen and oxygen atoms in total. The van der Waals surface area contributed by atoms with Crippen molar-refractivity contribution in [1.82, 2.24) is 9.55 Å². The minimum atomic E-state index is 0.183. The van der Waals surface area contributed by atoms with Gasteiger partial charge in [-0.05, 0) is 31.4 Å². The number of hydrogen-bond acceptors (Lipinski definition) is 2. The predicted octanol–water partition coefficient (Wildman–Crippen LogP) is 3.72. The van der Waals surface area contributed by atoms with Crippen LogP contribution in [-0.2, 0) is 0 Å². The second-order valence-electron chi connectivity index (χ2n) is 4.77. The maximum Gasteiger partial charge on any atom is 0.203 e. The Morgan fingerprint density at radius 2 is 2.17 bits per heavy atom. The van der Waals surface area contributed by atoms with Crippen molar-refractivity contribution in [3.8, 4) is 0 Å². The fraction of sp³-hybridized carbons (Fsp3) is 0.357. The summed E-state index contributed by atoms with van der Waals surface area (Å²) in [7, 11) is 0. The molecule has 0 spiro atoms. The molecule has 1 heterocycles. The Labute approximate surface area is 112 Å². The number of halogens is 1. The molecule has 0 amide bonds. The van der Waals surface area contributed by atoms with E-state index in [4.69, 9.17) is 11.6 Å². The SMILES string of the molecule is CC(c1ccccc1Cl)n1ccnc1NC1CC1. The van der Waals surface area contributed by atoms with Gasteiger partial charge >= 0.3 is 0 Å². The molecule has 0 saturated heterocycles. The Balaban J connectivity index is 1.89. The van der Waals surface area contributed by atoms with Crippen molar-refractivity contribution in [3.05, 3.63) is 47.2 Å². The minimum Gasteiger partial charge on any atom is -0.353 e. The number of imidazole rings is 1. The van der Waals surface area contributed by atoms with E-state index in [9.17, 15) is 0 Å². The number of benzene rings is 1. The molecule has 18 heavy (non-hydrogen) atoms. The molecule has 2 aromatic rings. The fourth-order valence-corrected chi connectivity index (χ4v) is 2.40. The summed E-state index contributed by atoms with van der Waals surface area (Å²) in [4.78, 5) is 4.38. The summed E-state index contributed by atoms with van der Waals surface area (Å²) in [5.74, 6) is 0.935. The molecule has 0 bridgehead atoms. The lowest BCUT2D eigenvalue weighted by Crippen LogP contribution is -2.13. The maximum atomic E-state index is 6.25. The molecule has 1 N–H and O–H groups in total. The van der Waals surface area contributed by atoms with Crippen molar-refractivity contribution < 1.29 is 0 Å². The van der Waals surface area contributed by atoms with Gasteiger partial charge in [-0.2, -0.15) is 0 Å². The van der Waals surface area contributed by atoms with Crippen LogP contribution in [0.3, 0.4) is 0 Å². The van der Waals surface area contributed by atoms with E-state index in [2.05, 4.69) is 27.9 Å². The van der Waals surface area contributed by atoms with Gasteiger partial charge < -0.3 is 9.88 Å². The van der Waals surface area contributed by atoms with Crippen molar-refractivity contribution in [2.45, 2.75) is 31.8 Å². The Kier molecular flexibility index (Phi) is 3.00. The summed E-state index contributed by atoms with van der Waals surface area (Å²) < 4.78 is 2.14.